The first-order valence-electron chi connectivity index (χ1n) is 7.00. The van der Waals surface area contributed by atoms with Crippen molar-refractivity contribution < 1.29 is 9.53 Å². The van der Waals surface area contributed by atoms with Crippen LogP contribution in [0.2, 0.25) is 0 Å². The van der Waals surface area contributed by atoms with Gasteiger partial charge in [0.25, 0.3) is 5.91 Å². The van der Waals surface area contributed by atoms with E-state index in [1.807, 2.05) is 43.3 Å². The lowest BCUT2D eigenvalue weighted by molar-refractivity contribution is -0.118. The first kappa shape index (κ1) is 15.0. The lowest BCUT2D eigenvalue weighted by atomic mass is 10.0. The minimum atomic E-state index is -0.218. The Morgan fingerprint density at radius 3 is 2.57 bits per heavy atom. The van der Waals surface area contributed by atoms with Crippen molar-refractivity contribution in [3.05, 3.63) is 53.7 Å². The number of nitrogens with one attached hydrogen (secondary N) is 1. The number of benzene rings is 1. The second-order valence-electron chi connectivity index (χ2n) is 5.23. The summed E-state index contributed by atoms with van der Waals surface area (Å²) in [5.74, 6) is 1.52. The van der Waals surface area contributed by atoms with Gasteiger partial charge in [0, 0.05) is 6.20 Å². The number of carbonyl (C=O) groups is 1. The van der Waals surface area contributed by atoms with Crippen LogP contribution in [0.1, 0.15) is 30.9 Å². The van der Waals surface area contributed by atoms with E-state index in [9.17, 15) is 4.79 Å². The van der Waals surface area contributed by atoms with E-state index >= 15 is 0 Å². The zero-order valence-electron chi connectivity index (χ0n) is 12.6. The van der Waals surface area contributed by atoms with Gasteiger partial charge in [0.2, 0.25) is 0 Å². The van der Waals surface area contributed by atoms with E-state index in [1.165, 1.54) is 5.56 Å². The van der Waals surface area contributed by atoms with Crippen LogP contribution in [0.3, 0.4) is 0 Å². The number of anilines is 1. The van der Waals surface area contributed by atoms with E-state index < -0.39 is 0 Å². The van der Waals surface area contributed by atoms with Crippen LogP contribution >= 0.6 is 0 Å². The van der Waals surface area contributed by atoms with Gasteiger partial charge < -0.3 is 10.1 Å². The number of pyridine rings is 1. The summed E-state index contributed by atoms with van der Waals surface area (Å²) in [4.78, 5) is 16.0. The smallest absolute Gasteiger partial charge is 0.263 e. The molecule has 1 amide bonds. The average Bonchev–Trinajstić information content (AvgIpc) is 2.48. The van der Waals surface area contributed by atoms with Crippen molar-refractivity contribution in [3.8, 4) is 5.75 Å². The van der Waals surface area contributed by atoms with Crippen LogP contribution < -0.4 is 10.1 Å². The monoisotopic (exact) mass is 284 g/mol. The van der Waals surface area contributed by atoms with Gasteiger partial charge in [-0.3, -0.25) is 4.79 Å². The molecular weight excluding hydrogens is 264 g/mol. The van der Waals surface area contributed by atoms with E-state index in [1.54, 1.807) is 6.20 Å². The standard InChI is InChI=1S/C17H20N2O2/c1-12(2)14-6-8-15(9-7-14)21-11-16(20)19-17-13(3)5-4-10-18-17/h4-10,12H,11H2,1-3H3,(H,18,19,20). The number of rotatable bonds is 5. The zero-order valence-corrected chi connectivity index (χ0v) is 12.6. The van der Waals surface area contributed by atoms with E-state index in [-0.39, 0.29) is 12.5 Å². The summed E-state index contributed by atoms with van der Waals surface area (Å²) in [6.45, 7) is 6.14. The molecule has 21 heavy (non-hydrogen) atoms. The predicted molar refractivity (Wildman–Crippen MR) is 83.6 cm³/mol. The van der Waals surface area contributed by atoms with E-state index in [0.29, 0.717) is 17.5 Å². The van der Waals surface area contributed by atoms with Crippen LogP contribution in [-0.4, -0.2) is 17.5 Å². The first-order valence-corrected chi connectivity index (χ1v) is 7.00. The molecule has 0 saturated carbocycles. The van der Waals surface area contributed by atoms with Crippen LogP contribution in [0.4, 0.5) is 5.82 Å². The van der Waals surface area contributed by atoms with Gasteiger partial charge in [-0.2, -0.15) is 0 Å². The highest BCUT2D eigenvalue weighted by Crippen LogP contribution is 2.18. The highest BCUT2D eigenvalue weighted by Gasteiger charge is 2.06. The maximum Gasteiger partial charge on any atom is 0.263 e. The Bertz CT molecular complexity index is 606. The third-order valence-electron chi connectivity index (χ3n) is 3.18. The number of carbonyl (C=O) groups excluding carboxylic acids is 1. The van der Waals surface area contributed by atoms with Crippen molar-refractivity contribution in [1.29, 1.82) is 0 Å². The molecule has 0 saturated heterocycles. The molecule has 2 rings (SSSR count). The lowest BCUT2D eigenvalue weighted by Crippen LogP contribution is -2.21. The van der Waals surface area contributed by atoms with Crippen molar-refractivity contribution in [1.82, 2.24) is 4.98 Å². The summed E-state index contributed by atoms with van der Waals surface area (Å²) >= 11 is 0. The summed E-state index contributed by atoms with van der Waals surface area (Å²) < 4.78 is 5.47. The van der Waals surface area contributed by atoms with E-state index in [0.717, 1.165) is 5.56 Å². The molecule has 0 spiro atoms. The molecule has 1 heterocycles. The zero-order chi connectivity index (χ0) is 15.2. The van der Waals surface area contributed by atoms with E-state index in [2.05, 4.69) is 24.1 Å². The molecular formula is C17H20N2O2. The second-order valence-corrected chi connectivity index (χ2v) is 5.23. The van der Waals surface area contributed by atoms with Gasteiger partial charge in [0.1, 0.15) is 11.6 Å². The maximum atomic E-state index is 11.8. The Morgan fingerprint density at radius 2 is 1.95 bits per heavy atom. The molecule has 4 heteroatoms. The molecule has 0 unspecified atom stereocenters. The molecule has 1 aromatic carbocycles. The molecule has 110 valence electrons. The van der Waals surface area contributed by atoms with Gasteiger partial charge in [-0.25, -0.2) is 4.98 Å². The Morgan fingerprint density at radius 1 is 1.24 bits per heavy atom. The highest BCUT2D eigenvalue weighted by molar-refractivity contribution is 5.91. The molecule has 0 bridgehead atoms. The number of ether oxygens (including phenoxy) is 1. The van der Waals surface area contributed by atoms with Crippen LogP contribution in [-0.2, 0) is 4.79 Å². The average molecular weight is 284 g/mol. The van der Waals surface area contributed by atoms with Crippen LogP contribution in [0.15, 0.2) is 42.6 Å². The number of hydrogen-bond donors (Lipinski definition) is 1. The normalized spacial score (nSPS) is 10.5. The number of nitrogens with zero attached hydrogens (tertiary/aromatic N) is 1. The van der Waals surface area contributed by atoms with Crippen molar-refractivity contribution >= 4 is 11.7 Å². The molecule has 0 aliphatic carbocycles. The van der Waals surface area contributed by atoms with Gasteiger partial charge in [-0.15, -0.1) is 0 Å². The summed E-state index contributed by atoms with van der Waals surface area (Å²) in [6.07, 6.45) is 1.65. The summed E-state index contributed by atoms with van der Waals surface area (Å²) in [7, 11) is 0. The minimum absolute atomic E-state index is 0.0307. The number of hydrogen-bond acceptors (Lipinski definition) is 3. The van der Waals surface area contributed by atoms with Gasteiger partial charge in [0.15, 0.2) is 6.61 Å². The third kappa shape index (κ3) is 4.31. The Kier molecular flexibility index (Phi) is 4.93. The van der Waals surface area contributed by atoms with Crippen molar-refractivity contribution in [2.75, 3.05) is 11.9 Å². The fraction of sp³-hybridized carbons (Fsp3) is 0.294. The fourth-order valence-corrected chi connectivity index (χ4v) is 1.88. The third-order valence-corrected chi connectivity index (χ3v) is 3.18. The van der Waals surface area contributed by atoms with Crippen LogP contribution in [0.5, 0.6) is 5.75 Å². The Balaban J connectivity index is 1.88. The molecule has 1 aromatic heterocycles. The molecule has 0 aliphatic rings. The summed E-state index contributed by atoms with van der Waals surface area (Å²) in [5.41, 5.74) is 2.17. The number of aromatic nitrogens is 1. The quantitative estimate of drug-likeness (QED) is 0.913. The SMILES string of the molecule is Cc1cccnc1NC(=O)COc1ccc(C(C)C)cc1. The van der Waals surface area contributed by atoms with Gasteiger partial charge in [-0.05, 0) is 42.2 Å². The maximum absolute atomic E-state index is 11.8. The first-order chi connectivity index (χ1) is 10.1. The minimum Gasteiger partial charge on any atom is -0.484 e. The Hall–Kier alpha value is -2.36. The van der Waals surface area contributed by atoms with Crippen LogP contribution in [0, 0.1) is 6.92 Å². The lowest BCUT2D eigenvalue weighted by Gasteiger charge is -2.10. The molecule has 0 atom stereocenters. The highest BCUT2D eigenvalue weighted by atomic mass is 16.5. The Labute approximate surface area is 125 Å². The topological polar surface area (TPSA) is 51.2 Å². The summed E-state index contributed by atoms with van der Waals surface area (Å²) in [5, 5.41) is 2.74. The van der Waals surface area contributed by atoms with Gasteiger partial charge in [-0.1, -0.05) is 32.0 Å². The molecule has 0 aliphatic heterocycles. The summed E-state index contributed by atoms with van der Waals surface area (Å²) in [6, 6.07) is 11.5. The van der Waals surface area contributed by atoms with Gasteiger partial charge in [0.05, 0.1) is 0 Å². The van der Waals surface area contributed by atoms with Crippen molar-refractivity contribution in [2.45, 2.75) is 26.7 Å². The second kappa shape index (κ2) is 6.88. The molecule has 2 aromatic rings. The fourth-order valence-electron chi connectivity index (χ4n) is 1.88. The van der Waals surface area contributed by atoms with Crippen LogP contribution in [0.25, 0.3) is 0 Å². The van der Waals surface area contributed by atoms with E-state index in [4.69, 9.17) is 4.74 Å². The number of amides is 1. The largest absolute Gasteiger partial charge is 0.484 e. The molecule has 4 nitrogen and oxygen atoms in total. The van der Waals surface area contributed by atoms with Crippen molar-refractivity contribution in [3.63, 3.8) is 0 Å². The number of aryl methyl sites for hydroxylation is 1. The van der Waals surface area contributed by atoms with Crippen molar-refractivity contribution in [2.24, 2.45) is 0 Å². The molecule has 0 fully saturated rings. The van der Waals surface area contributed by atoms with Gasteiger partial charge >= 0.3 is 0 Å². The molecule has 0 radical (unpaired) electrons. The predicted octanol–water partition coefficient (Wildman–Crippen LogP) is 3.53. The molecule has 1 N–H and O–H groups in total.